The minimum atomic E-state index is -0.905. The van der Waals surface area contributed by atoms with Gasteiger partial charge in [0.1, 0.15) is 23.5 Å². The number of nitrogens with one attached hydrogen (secondary N) is 2. The topological polar surface area (TPSA) is 87.1 Å². The first-order valence-electron chi connectivity index (χ1n) is 5.66. The van der Waals surface area contributed by atoms with Crippen LogP contribution in [0.1, 0.15) is 25.6 Å². The van der Waals surface area contributed by atoms with Gasteiger partial charge in [-0.2, -0.15) is 0 Å². The quantitative estimate of drug-likeness (QED) is 0.713. The van der Waals surface area contributed by atoms with Crippen molar-refractivity contribution < 1.29 is 9.90 Å². The molecule has 1 aromatic heterocycles. The van der Waals surface area contributed by atoms with Crippen molar-refractivity contribution in [2.45, 2.75) is 38.8 Å². The second-order valence-corrected chi connectivity index (χ2v) is 4.31. The van der Waals surface area contributed by atoms with Gasteiger partial charge < -0.3 is 15.7 Å². The first-order chi connectivity index (χ1) is 8.04. The summed E-state index contributed by atoms with van der Waals surface area (Å²) < 4.78 is 0. The first-order valence-corrected chi connectivity index (χ1v) is 5.66. The monoisotopic (exact) mass is 236 g/mol. The zero-order valence-electron chi connectivity index (χ0n) is 9.90. The van der Waals surface area contributed by atoms with E-state index in [0.717, 1.165) is 18.7 Å². The Morgan fingerprint density at radius 2 is 2.12 bits per heavy atom. The van der Waals surface area contributed by atoms with E-state index in [4.69, 9.17) is 5.11 Å². The molecule has 1 atom stereocenters. The Labute approximate surface area is 99.5 Å². The van der Waals surface area contributed by atoms with Gasteiger partial charge in [-0.3, -0.25) is 4.79 Å². The molecule has 1 unspecified atom stereocenters. The number of aromatic nitrogens is 2. The third kappa shape index (κ3) is 3.30. The molecule has 0 saturated heterocycles. The fourth-order valence-corrected chi connectivity index (χ4v) is 1.44. The minimum Gasteiger partial charge on any atom is -0.480 e. The van der Waals surface area contributed by atoms with Crippen LogP contribution < -0.4 is 10.6 Å². The molecule has 6 heteroatoms. The number of aliphatic carboxylic acids is 1. The van der Waals surface area contributed by atoms with E-state index < -0.39 is 12.0 Å². The van der Waals surface area contributed by atoms with Gasteiger partial charge in [0.05, 0.1) is 0 Å². The number of carboxylic acid groups (broad SMARTS) is 1. The van der Waals surface area contributed by atoms with Gasteiger partial charge in [-0.15, -0.1) is 0 Å². The molecule has 6 nitrogen and oxygen atoms in total. The van der Waals surface area contributed by atoms with E-state index in [1.54, 1.807) is 19.9 Å². The van der Waals surface area contributed by atoms with E-state index in [-0.39, 0.29) is 0 Å². The van der Waals surface area contributed by atoms with Crippen molar-refractivity contribution in [2.24, 2.45) is 0 Å². The summed E-state index contributed by atoms with van der Waals surface area (Å²) in [5.41, 5.74) is 0. The third-order valence-electron chi connectivity index (χ3n) is 2.50. The number of carboxylic acids is 1. The summed E-state index contributed by atoms with van der Waals surface area (Å²) in [7, 11) is 0. The van der Waals surface area contributed by atoms with E-state index in [1.165, 1.54) is 0 Å². The normalized spacial score (nSPS) is 16.4. The summed E-state index contributed by atoms with van der Waals surface area (Å²) in [6.07, 6.45) is 2.33. The zero-order chi connectivity index (χ0) is 12.4. The smallest absolute Gasteiger partial charge is 0.325 e. The molecule has 0 bridgehead atoms. The number of nitrogens with zero attached hydrogens (tertiary/aromatic N) is 2. The van der Waals surface area contributed by atoms with Gasteiger partial charge in [0.25, 0.3) is 0 Å². The molecule has 1 aliphatic carbocycles. The molecule has 2 rings (SSSR count). The molecule has 3 N–H and O–H groups in total. The van der Waals surface area contributed by atoms with Crippen LogP contribution in [-0.2, 0) is 4.79 Å². The fraction of sp³-hybridized carbons (Fsp3) is 0.545. The van der Waals surface area contributed by atoms with Crippen molar-refractivity contribution in [1.29, 1.82) is 0 Å². The summed E-state index contributed by atoms with van der Waals surface area (Å²) in [6.45, 7) is 3.36. The highest BCUT2D eigenvalue weighted by atomic mass is 16.4. The molecule has 17 heavy (non-hydrogen) atoms. The molecule has 0 aromatic carbocycles. The van der Waals surface area contributed by atoms with Crippen molar-refractivity contribution in [2.75, 3.05) is 10.6 Å². The number of rotatable bonds is 5. The summed E-state index contributed by atoms with van der Waals surface area (Å²) >= 11 is 0. The molecule has 1 saturated carbocycles. The van der Waals surface area contributed by atoms with E-state index in [1.807, 2.05) is 0 Å². The average Bonchev–Trinajstić information content (AvgIpc) is 3.00. The number of hydrogen-bond donors (Lipinski definition) is 3. The van der Waals surface area contributed by atoms with Crippen LogP contribution in [-0.4, -0.2) is 33.1 Å². The Morgan fingerprint density at radius 1 is 1.47 bits per heavy atom. The van der Waals surface area contributed by atoms with Gasteiger partial charge in [-0.25, -0.2) is 9.97 Å². The standard InChI is InChI=1S/C11H16N4O2/c1-6(11(16)17)12-9-5-10(14-7(2)13-9)15-8-3-4-8/h5-6,8H,3-4H2,1-2H3,(H,16,17)(H2,12,13,14,15). The van der Waals surface area contributed by atoms with Crippen LogP contribution >= 0.6 is 0 Å². The predicted molar refractivity (Wildman–Crippen MR) is 64.1 cm³/mol. The van der Waals surface area contributed by atoms with Crippen molar-refractivity contribution in [3.8, 4) is 0 Å². The molecular weight excluding hydrogens is 220 g/mol. The number of carbonyl (C=O) groups is 1. The number of hydrogen-bond acceptors (Lipinski definition) is 5. The molecule has 1 aliphatic rings. The lowest BCUT2D eigenvalue weighted by Crippen LogP contribution is -2.26. The maximum atomic E-state index is 10.7. The molecule has 0 aliphatic heterocycles. The maximum Gasteiger partial charge on any atom is 0.325 e. The molecule has 1 heterocycles. The van der Waals surface area contributed by atoms with E-state index >= 15 is 0 Å². The SMILES string of the molecule is Cc1nc(NC2CC2)cc(NC(C)C(=O)O)n1. The lowest BCUT2D eigenvalue weighted by molar-refractivity contribution is -0.137. The van der Waals surface area contributed by atoms with Gasteiger partial charge in [0.2, 0.25) is 0 Å². The highest BCUT2D eigenvalue weighted by Crippen LogP contribution is 2.24. The summed E-state index contributed by atoms with van der Waals surface area (Å²) in [5, 5.41) is 14.9. The Bertz CT molecular complexity index is 431. The van der Waals surface area contributed by atoms with Crippen LogP contribution in [0.4, 0.5) is 11.6 Å². The minimum absolute atomic E-state index is 0.508. The van der Waals surface area contributed by atoms with Crippen LogP contribution in [0.15, 0.2) is 6.07 Å². The molecule has 1 fully saturated rings. The second kappa shape index (κ2) is 4.57. The van der Waals surface area contributed by atoms with Gasteiger partial charge in [0, 0.05) is 12.1 Å². The van der Waals surface area contributed by atoms with Gasteiger partial charge >= 0.3 is 5.97 Å². The van der Waals surface area contributed by atoms with Gasteiger partial charge in [-0.05, 0) is 26.7 Å². The third-order valence-corrected chi connectivity index (χ3v) is 2.50. The van der Waals surface area contributed by atoms with E-state index in [0.29, 0.717) is 17.7 Å². The van der Waals surface area contributed by atoms with Gasteiger partial charge in [-0.1, -0.05) is 0 Å². The first kappa shape index (κ1) is 11.6. The van der Waals surface area contributed by atoms with Crippen molar-refractivity contribution in [3.05, 3.63) is 11.9 Å². The molecular formula is C11H16N4O2. The molecule has 0 radical (unpaired) electrons. The summed E-state index contributed by atoms with van der Waals surface area (Å²) in [6, 6.07) is 1.58. The Balaban J connectivity index is 2.09. The van der Waals surface area contributed by atoms with E-state index in [2.05, 4.69) is 20.6 Å². The average molecular weight is 236 g/mol. The fourth-order valence-electron chi connectivity index (χ4n) is 1.44. The highest BCUT2D eigenvalue weighted by molar-refractivity contribution is 5.76. The highest BCUT2D eigenvalue weighted by Gasteiger charge is 2.21. The lowest BCUT2D eigenvalue weighted by Gasteiger charge is -2.12. The largest absolute Gasteiger partial charge is 0.480 e. The van der Waals surface area contributed by atoms with Crippen LogP contribution in [0, 0.1) is 6.92 Å². The molecule has 0 amide bonds. The van der Waals surface area contributed by atoms with Crippen LogP contribution in [0.3, 0.4) is 0 Å². The number of aryl methyl sites for hydroxylation is 1. The van der Waals surface area contributed by atoms with Crippen molar-refractivity contribution >= 4 is 17.6 Å². The van der Waals surface area contributed by atoms with Crippen LogP contribution in [0.2, 0.25) is 0 Å². The van der Waals surface area contributed by atoms with Crippen molar-refractivity contribution in [3.63, 3.8) is 0 Å². The van der Waals surface area contributed by atoms with Crippen LogP contribution in [0.25, 0.3) is 0 Å². The molecule has 0 spiro atoms. The van der Waals surface area contributed by atoms with Crippen LogP contribution in [0.5, 0.6) is 0 Å². The Hall–Kier alpha value is -1.85. The predicted octanol–water partition coefficient (Wildman–Crippen LogP) is 1.24. The van der Waals surface area contributed by atoms with Gasteiger partial charge in [0.15, 0.2) is 0 Å². The lowest BCUT2D eigenvalue weighted by atomic mass is 10.3. The maximum absolute atomic E-state index is 10.7. The second-order valence-electron chi connectivity index (χ2n) is 4.31. The molecule has 1 aromatic rings. The zero-order valence-corrected chi connectivity index (χ0v) is 9.90. The Morgan fingerprint density at radius 3 is 2.71 bits per heavy atom. The summed E-state index contributed by atoms with van der Waals surface area (Å²) in [4.78, 5) is 19.2. The molecule has 92 valence electrons. The van der Waals surface area contributed by atoms with E-state index in [9.17, 15) is 4.79 Å². The van der Waals surface area contributed by atoms with Crippen molar-refractivity contribution in [1.82, 2.24) is 9.97 Å². The summed E-state index contributed by atoms with van der Waals surface area (Å²) in [5.74, 6) is 1.00. The Kier molecular flexibility index (Phi) is 3.12. The number of anilines is 2.